The van der Waals surface area contributed by atoms with Gasteiger partial charge in [0.1, 0.15) is 11.8 Å². The number of nitriles is 1. The molecule has 226 valence electrons. The summed E-state index contributed by atoms with van der Waals surface area (Å²) in [5.41, 5.74) is 4.81. The van der Waals surface area contributed by atoms with Crippen molar-refractivity contribution in [3.05, 3.63) is 64.3 Å². The summed E-state index contributed by atoms with van der Waals surface area (Å²) in [4.78, 5) is 20.1. The van der Waals surface area contributed by atoms with E-state index in [-0.39, 0.29) is 5.91 Å². The maximum absolute atomic E-state index is 13.0. The van der Waals surface area contributed by atoms with Crippen LogP contribution in [0.1, 0.15) is 49.4 Å². The van der Waals surface area contributed by atoms with Gasteiger partial charge in [-0.2, -0.15) is 5.26 Å². The van der Waals surface area contributed by atoms with Crippen LogP contribution >= 0.6 is 11.6 Å². The molecule has 2 aliphatic rings. The maximum Gasteiger partial charge on any atom is 0.248 e. The zero-order chi connectivity index (χ0) is 30.2. The Balaban J connectivity index is 1.48. The summed E-state index contributed by atoms with van der Waals surface area (Å²) in [6.45, 7) is 10.3. The molecule has 3 aromatic rings. The van der Waals surface area contributed by atoms with E-state index in [2.05, 4.69) is 33.0 Å². The smallest absolute Gasteiger partial charge is 0.248 e. The van der Waals surface area contributed by atoms with E-state index in [0.29, 0.717) is 69.8 Å². The van der Waals surface area contributed by atoms with Crippen LogP contribution in [0.25, 0.3) is 10.9 Å². The number of aryl methyl sites for hydroxylation is 1. The summed E-state index contributed by atoms with van der Waals surface area (Å²) < 4.78 is 11.4. The molecule has 0 saturated carbocycles. The number of fused-ring (bicyclic) bond motifs is 1. The minimum Gasteiger partial charge on any atom is -0.492 e. The molecule has 0 unspecified atom stereocenters. The number of anilines is 3. The first-order valence-electron chi connectivity index (χ1n) is 15.1. The summed E-state index contributed by atoms with van der Waals surface area (Å²) in [6, 6.07) is 12.0. The molecule has 10 heteroatoms. The SMILES string of the molecule is CCOc1cc2nc(CC)c(C#N)c(Nc3ccc(C4CCOCC4)c(Cl)c3)c2cc1NC(=O)/C=C/CN1CCNCC1. The standard InChI is InChI=1S/C33H39ClN6O3/c1-3-28-26(21-35)33(37-23-7-8-24(27(34)18-23)22-9-16-42-17-10-22)25-19-30(31(43-4-2)20-29(25)38-28)39-32(41)6-5-13-40-14-11-36-12-15-40/h5-8,18-20,22,36H,3-4,9-17H2,1-2H3,(H,37,38)(H,39,41)/b6-5+. The molecule has 3 N–H and O–H groups in total. The Kier molecular flexibility index (Phi) is 10.5. The van der Waals surface area contributed by atoms with Gasteiger partial charge in [0.25, 0.3) is 0 Å². The summed E-state index contributed by atoms with van der Waals surface area (Å²) in [5, 5.41) is 21.4. The molecule has 3 heterocycles. The summed E-state index contributed by atoms with van der Waals surface area (Å²) in [6.07, 6.45) is 5.91. The number of pyridine rings is 1. The predicted molar refractivity (Wildman–Crippen MR) is 172 cm³/mol. The Hall–Kier alpha value is -3.68. The van der Waals surface area contributed by atoms with Crippen LogP contribution in [0.4, 0.5) is 17.1 Å². The molecule has 2 aliphatic heterocycles. The second kappa shape index (κ2) is 14.7. The second-order valence-corrected chi connectivity index (χ2v) is 11.2. The first kappa shape index (κ1) is 30.8. The third kappa shape index (κ3) is 7.46. The molecule has 2 fully saturated rings. The van der Waals surface area contributed by atoms with Crippen molar-refractivity contribution in [1.29, 1.82) is 5.26 Å². The topological polar surface area (TPSA) is 112 Å². The number of carbonyl (C=O) groups is 1. The van der Waals surface area contributed by atoms with Gasteiger partial charge in [-0.05, 0) is 55.9 Å². The molecule has 0 atom stereocenters. The number of piperazine rings is 1. The van der Waals surface area contributed by atoms with Gasteiger partial charge in [0, 0.05) is 74.2 Å². The zero-order valence-electron chi connectivity index (χ0n) is 24.8. The summed E-state index contributed by atoms with van der Waals surface area (Å²) in [5.74, 6) is 0.638. The van der Waals surface area contributed by atoms with Crippen molar-refractivity contribution in [3.63, 3.8) is 0 Å². The number of nitrogens with zero attached hydrogens (tertiary/aromatic N) is 3. The number of benzene rings is 2. The highest BCUT2D eigenvalue weighted by Gasteiger charge is 2.21. The molecule has 0 spiro atoms. The monoisotopic (exact) mass is 602 g/mol. The van der Waals surface area contributed by atoms with Crippen molar-refractivity contribution in [2.24, 2.45) is 0 Å². The van der Waals surface area contributed by atoms with Crippen molar-refractivity contribution in [2.75, 3.05) is 63.2 Å². The van der Waals surface area contributed by atoms with Crippen LogP contribution in [0.5, 0.6) is 5.75 Å². The van der Waals surface area contributed by atoms with E-state index in [1.165, 1.54) is 0 Å². The average molecular weight is 603 g/mol. The molecule has 2 saturated heterocycles. The number of hydrogen-bond donors (Lipinski definition) is 3. The number of carbonyl (C=O) groups excluding carboxylic acids is 1. The molecule has 2 aromatic carbocycles. The molecule has 0 radical (unpaired) electrons. The quantitative estimate of drug-likeness (QED) is 0.251. The third-order valence-corrected chi connectivity index (χ3v) is 8.27. The minimum atomic E-state index is -0.251. The maximum atomic E-state index is 13.0. The predicted octanol–water partition coefficient (Wildman–Crippen LogP) is 5.76. The zero-order valence-corrected chi connectivity index (χ0v) is 25.6. The van der Waals surface area contributed by atoms with E-state index in [4.69, 9.17) is 26.1 Å². The first-order chi connectivity index (χ1) is 21.0. The Morgan fingerprint density at radius 3 is 2.72 bits per heavy atom. The largest absolute Gasteiger partial charge is 0.492 e. The number of nitrogens with one attached hydrogen (secondary N) is 3. The van der Waals surface area contributed by atoms with Gasteiger partial charge in [-0.25, -0.2) is 0 Å². The van der Waals surface area contributed by atoms with E-state index in [9.17, 15) is 10.1 Å². The van der Waals surface area contributed by atoms with Crippen LogP contribution in [0, 0.1) is 11.3 Å². The molecule has 0 aliphatic carbocycles. The molecule has 5 rings (SSSR count). The molecule has 9 nitrogen and oxygen atoms in total. The lowest BCUT2D eigenvalue weighted by Gasteiger charge is -2.25. The number of ether oxygens (including phenoxy) is 2. The van der Waals surface area contributed by atoms with Crippen LogP contribution in [0.15, 0.2) is 42.5 Å². The molecule has 43 heavy (non-hydrogen) atoms. The fourth-order valence-electron chi connectivity index (χ4n) is 5.69. The fourth-order valence-corrected chi connectivity index (χ4v) is 6.02. The Morgan fingerprint density at radius 2 is 2.02 bits per heavy atom. The van der Waals surface area contributed by atoms with Gasteiger partial charge in [-0.3, -0.25) is 14.7 Å². The second-order valence-electron chi connectivity index (χ2n) is 10.8. The normalized spacial score (nSPS) is 16.3. The number of hydrogen-bond acceptors (Lipinski definition) is 8. The average Bonchev–Trinajstić information content (AvgIpc) is 3.02. The lowest BCUT2D eigenvalue weighted by Crippen LogP contribution is -2.43. The van der Waals surface area contributed by atoms with Gasteiger partial charge >= 0.3 is 0 Å². The highest BCUT2D eigenvalue weighted by atomic mass is 35.5. The molecular weight excluding hydrogens is 564 g/mol. The van der Waals surface area contributed by atoms with E-state index >= 15 is 0 Å². The van der Waals surface area contributed by atoms with Gasteiger partial charge in [0.05, 0.1) is 34.8 Å². The molecule has 0 bridgehead atoms. The van der Waals surface area contributed by atoms with Crippen LogP contribution in [0.2, 0.25) is 5.02 Å². The third-order valence-electron chi connectivity index (χ3n) is 7.94. The van der Waals surface area contributed by atoms with Crippen LogP contribution in [-0.2, 0) is 16.0 Å². The molecular formula is C33H39ClN6O3. The number of aromatic nitrogens is 1. The number of rotatable bonds is 10. The van der Waals surface area contributed by atoms with Crippen LogP contribution < -0.4 is 20.7 Å². The van der Waals surface area contributed by atoms with Gasteiger partial charge in [0.15, 0.2) is 0 Å². The number of halogens is 1. The van der Waals surface area contributed by atoms with Crippen LogP contribution in [-0.4, -0.2) is 68.3 Å². The highest BCUT2D eigenvalue weighted by Crippen LogP contribution is 2.39. The van der Waals surface area contributed by atoms with Crippen LogP contribution in [0.3, 0.4) is 0 Å². The van der Waals surface area contributed by atoms with E-state index in [1.54, 1.807) is 6.08 Å². The molecule has 1 aromatic heterocycles. The van der Waals surface area contributed by atoms with Crippen molar-refractivity contribution in [3.8, 4) is 11.8 Å². The van der Waals surface area contributed by atoms with E-state index < -0.39 is 0 Å². The van der Waals surface area contributed by atoms with Gasteiger partial charge in [-0.1, -0.05) is 30.7 Å². The van der Waals surface area contributed by atoms with Crippen molar-refractivity contribution in [2.45, 2.75) is 39.0 Å². The van der Waals surface area contributed by atoms with Crippen molar-refractivity contribution >= 4 is 45.5 Å². The molecule has 1 amide bonds. The van der Waals surface area contributed by atoms with E-state index in [1.807, 2.05) is 44.2 Å². The minimum absolute atomic E-state index is 0.251. The fraction of sp³-hybridized carbons (Fsp3) is 0.424. The summed E-state index contributed by atoms with van der Waals surface area (Å²) in [7, 11) is 0. The van der Waals surface area contributed by atoms with Gasteiger partial charge < -0.3 is 25.4 Å². The highest BCUT2D eigenvalue weighted by molar-refractivity contribution is 6.31. The number of amides is 1. The Morgan fingerprint density at radius 1 is 1.23 bits per heavy atom. The van der Waals surface area contributed by atoms with Crippen molar-refractivity contribution in [1.82, 2.24) is 15.2 Å². The first-order valence-corrected chi connectivity index (χ1v) is 15.5. The lowest BCUT2D eigenvalue weighted by atomic mass is 9.91. The van der Waals surface area contributed by atoms with Gasteiger partial charge in [0.2, 0.25) is 5.91 Å². The lowest BCUT2D eigenvalue weighted by molar-refractivity contribution is -0.111. The van der Waals surface area contributed by atoms with E-state index in [0.717, 1.165) is 63.5 Å². The summed E-state index contributed by atoms with van der Waals surface area (Å²) >= 11 is 6.77. The Labute approximate surface area is 258 Å². The van der Waals surface area contributed by atoms with Crippen molar-refractivity contribution < 1.29 is 14.3 Å². The Bertz CT molecular complexity index is 1520. The van der Waals surface area contributed by atoms with Gasteiger partial charge in [-0.15, -0.1) is 0 Å².